The van der Waals surface area contributed by atoms with Gasteiger partial charge in [0, 0.05) is 36.0 Å². The van der Waals surface area contributed by atoms with Crippen molar-refractivity contribution >= 4 is 35.6 Å². The van der Waals surface area contributed by atoms with Crippen LogP contribution in [0.5, 0.6) is 5.75 Å². The molecule has 38 heavy (non-hydrogen) atoms. The summed E-state index contributed by atoms with van der Waals surface area (Å²) in [7, 11) is 0. The summed E-state index contributed by atoms with van der Waals surface area (Å²) in [4.78, 5) is 32.9. The number of imidazole rings is 1. The van der Waals surface area contributed by atoms with E-state index in [1.165, 1.54) is 12.1 Å². The van der Waals surface area contributed by atoms with Crippen molar-refractivity contribution in [3.63, 3.8) is 0 Å². The Balaban J connectivity index is 1.11. The molecule has 196 valence electrons. The zero-order valence-electron chi connectivity index (χ0n) is 20.4. The van der Waals surface area contributed by atoms with Crippen molar-refractivity contribution in [1.29, 1.82) is 0 Å². The van der Waals surface area contributed by atoms with Crippen LogP contribution in [0.4, 0.5) is 4.79 Å². The number of aromatic nitrogens is 6. The second-order valence-electron chi connectivity index (χ2n) is 8.62. The third-order valence-corrected chi connectivity index (χ3v) is 8.43. The Morgan fingerprint density at radius 3 is 2.50 bits per heavy atom. The molecule has 1 atom stereocenters. The topological polar surface area (TPSA) is 139 Å². The molecule has 1 aliphatic heterocycles. The van der Waals surface area contributed by atoms with Gasteiger partial charge in [-0.05, 0) is 72.2 Å². The number of carboxylic acid groups (broad SMARTS) is 1. The van der Waals surface area contributed by atoms with E-state index in [2.05, 4.69) is 32.4 Å². The molecule has 1 fully saturated rings. The fourth-order valence-corrected chi connectivity index (χ4v) is 5.94. The van der Waals surface area contributed by atoms with Gasteiger partial charge in [-0.15, -0.1) is 5.10 Å². The fraction of sp³-hybridized carbons (Fsp3) is 0.280. The molecule has 1 aliphatic rings. The largest absolute Gasteiger partial charge is 0.478 e. The van der Waals surface area contributed by atoms with Gasteiger partial charge >= 0.3 is 12.1 Å². The molecular formula is C25H25N7O4S2. The number of likely N-dealkylation sites (tertiary alicyclic amines) is 1. The highest BCUT2D eigenvalue weighted by Gasteiger charge is 2.26. The number of benzene rings is 2. The molecule has 13 heteroatoms. The molecular weight excluding hydrogens is 526 g/mol. The molecule has 2 aromatic carbocycles. The van der Waals surface area contributed by atoms with Crippen LogP contribution in [0.3, 0.4) is 0 Å². The highest BCUT2D eigenvalue weighted by molar-refractivity contribution is 7.99. The first-order chi connectivity index (χ1) is 18.5. The Bertz CT molecular complexity index is 1370. The number of thioether (sulfide) groups is 2. The highest BCUT2D eigenvalue weighted by atomic mass is 32.2. The van der Waals surface area contributed by atoms with Gasteiger partial charge in [-0.1, -0.05) is 35.7 Å². The maximum absolute atomic E-state index is 12.7. The van der Waals surface area contributed by atoms with Gasteiger partial charge in [0.15, 0.2) is 5.16 Å². The monoisotopic (exact) mass is 551 g/mol. The van der Waals surface area contributed by atoms with Crippen molar-refractivity contribution in [3.05, 3.63) is 72.1 Å². The van der Waals surface area contributed by atoms with Crippen molar-refractivity contribution in [2.45, 2.75) is 40.6 Å². The van der Waals surface area contributed by atoms with Gasteiger partial charge in [0.1, 0.15) is 5.75 Å². The average molecular weight is 552 g/mol. The minimum absolute atomic E-state index is 0.199. The molecule has 11 nitrogen and oxygen atoms in total. The SMILES string of the molecule is CC(Sc1ncc[nH]1)c1ccc(OC(=O)N2CCC(Sc3nnnn3-c3ccc(C(=O)O)cc3)CC2)cc1. The molecule has 4 aromatic rings. The van der Waals surface area contributed by atoms with Crippen molar-refractivity contribution in [3.8, 4) is 11.4 Å². The summed E-state index contributed by atoms with van der Waals surface area (Å²) in [6.45, 7) is 3.24. The number of carbonyl (C=O) groups is 2. The zero-order valence-corrected chi connectivity index (χ0v) is 22.1. The quantitative estimate of drug-likeness (QED) is 0.296. The van der Waals surface area contributed by atoms with Crippen LogP contribution in [0, 0.1) is 0 Å². The van der Waals surface area contributed by atoms with Crippen LogP contribution in [-0.4, -0.2) is 70.6 Å². The summed E-state index contributed by atoms with van der Waals surface area (Å²) < 4.78 is 7.21. The van der Waals surface area contributed by atoms with Crippen molar-refractivity contribution in [2.75, 3.05) is 13.1 Å². The summed E-state index contributed by atoms with van der Waals surface area (Å²) in [5.74, 6) is -0.474. The lowest BCUT2D eigenvalue weighted by Gasteiger charge is -2.30. The van der Waals surface area contributed by atoms with Gasteiger partial charge in [-0.3, -0.25) is 0 Å². The summed E-state index contributed by atoms with van der Waals surface area (Å²) in [5.41, 5.74) is 2.00. The molecule has 5 rings (SSSR count). The van der Waals surface area contributed by atoms with Crippen molar-refractivity contribution in [2.24, 2.45) is 0 Å². The maximum Gasteiger partial charge on any atom is 0.415 e. The van der Waals surface area contributed by atoms with Crippen LogP contribution in [-0.2, 0) is 0 Å². The highest BCUT2D eigenvalue weighted by Crippen LogP contribution is 2.34. The Kier molecular flexibility index (Phi) is 7.94. The number of H-pyrrole nitrogens is 1. The zero-order chi connectivity index (χ0) is 26.5. The van der Waals surface area contributed by atoms with E-state index in [0.29, 0.717) is 29.7 Å². The summed E-state index contributed by atoms with van der Waals surface area (Å²) in [6, 6.07) is 14.0. The van der Waals surface area contributed by atoms with Gasteiger partial charge in [0.25, 0.3) is 0 Å². The lowest BCUT2D eigenvalue weighted by molar-refractivity contribution is 0.0696. The summed E-state index contributed by atoms with van der Waals surface area (Å²) in [6.07, 6.45) is 4.71. The third kappa shape index (κ3) is 6.17. The first-order valence-corrected chi connectivity index (χ1v) is 13.7. The van der Waals surface area contributed by atoms with Crippen LogP contribution in [0.15, 0.2) is 71.2 Å². The van der Waals surface area contributed by atoms with E-state index in [1.54, 1.807) is 57.6 Å². The van der Waals surface area contributed by atoms with E-state index < -0.39 is 5.97 Å². The minimum Gasteiger partial charge on any atom is -0.478 e. The van der Waals surface area contributed by atoms with Crippen molar-refractivity contribution < 1.29 is 19.4 Å². The van der Waals surface area contributed by atoms with Gasteiger partial charge in [0.2, 0.25) is 5.16 Å². The average Bonchev–Trinajstić information content (AvgIpc) is 3.62. The molecule has 0 aliphatic carbocycles. The van der Waals surface area contributed by atoms with E-state index in [4.69, 9.17) is 9.84 Å². The van der Waals surface area contributed by atoms with Gasteiger partial charge < -0.3 is 19.7 Å². The molecule has 1 saturated heterocycles. The molecule has 1 unspecified atom stereocenters. The fourth-order valence-electron chi connectivity index (χ4n) is 3.99. The smallest absolute Gasteiger partial charge is 0.415 e. The maximum atomic E-state index is 12.7. The normalized spacial score (nSPS) is 14.8. The van der Waals surface area contributed by atoms with E-state index >= 15 is 0 Å². The first-order valence-electron chi connectivity index (χ1n) is 12.0. The van der Waals surface area contributed by atoms with E-state index in [1.807, 2.05) is 24.3 Å². The Morgan fingerprint density at radius 2 is 1.84 bits per heavy atom. The number of rotatable bonds is 8. The number of aromatic carboxylic acids is 1. The molecule has 1 amide bonds. The van der Waals surface area contributed by atoms with Crippen LogP contribution in [0.1, 0.15) is 40.9 Å². The lowest BCUT2D eigenvalue weighted by Crippen LogP contribution is -2.41. The number of amides is 1. The van der Waals surface area contributed by atoms with E-state index in [9.17, 15) is 9.59 Å². The van der Waals surface area contributed by atoms with Crippen LogP contribution >= 0.6 is 23.5 Å². The number of nitrogens with one attached hydrogen (secondary N) is 1. The van der Waals surface area contributed by atoms with Crippen molar-refractivity contribution in [1.82, 2.24) is 35.1 Å². The number of carboxylic acids is 1. The predicted molar refractivity (Wildman–Crippen MR) is 142 cm³/mol. The third-order valence-electron chi connectivity index (χ3n) is 6.09. The molecule has 3 heterocycles. The number of hydrogen-bond acceptors (Lipinski definition) is 9. The second kappa shape index (κ2) is 11.7. The lowest BCUT2D eigenvalue weighted by atomic mass is 10.1. The van der Waals surface area contributed by atoms with Gasteiger partial charge in [0.05, 0.1) is 11.3 Å². The molecule has 2 N–H and O–H groups in total. The van der Waals surface area contributed by atoms with Crippen LogP contribution in [0.2, 0.25) is 0 Å². The second-order valence-corrected chi connectivity index (χ2v) is 11.2. The van der Waals surface area contributed by atoms with Gasteiger partial charge in [-0.25, -0.2) is 14.6 Å². The predicted octanol–water partition coefficient (Wildman–Crippen LogP) is 4.69. The summed E-state index contributed by atoms with van der Waals surface area (Å²) in [5, 5.41) is 23.0. The minimum atomic E-state index is -0.986. The summed E-state index contributed by atoms with van der Waals surface area (Å²) >= 11 is 3.18. The Morgan fingerprint density at radius 1 is 1.11 bits per heavy atom. The van der Waals surface area contributed by atoms with E-state index in [0.717, 1.165) is 23.6 Å². The molecule has 0 bridgehead atoms. The molecule has 0 radical (unpaired) electrons. The number of ether oxygens (including phenoxy) is 1. The Labute approximate surface area is 227 Å². The number of aromatic amines is 1. The number of nitrogens with zero attached hydrogens (tertiary/aromatic N) is 6. The number of carbonyl (C=O) groups excluding carboxylic acids is 1. The number of piperidine rings is 1. The van der Waals surface area contributed by atoms with Crippen LogP contribution in [0.25, 0.3) is 5.69 Å². The van der Waals surface area contributed by atoms with Gasteiger partial charge in [-0.2, -0.15) is 4.68 Å². The standard InChI is InChI=1S/C25H25N7O4S2/c1-16(37-23-26-12-13-27-23)17-4-8-20(9-5-17)36-25(35)31-14-10-21(11-15-31)38-24-28-29-30-32(24)19-6-2-18(3-7-19)22(33)34/h2-9,12-13,16,21H,10-11,14-15H2,1H3,(H,26,27)(H,33,34). The number of tetrazole rings is 1. The number of hydrogen-bond donors (Lipinski definition) is 2. The molecule has 2 aromatic heterocycles. The van der Waals surface area contributed by atoms with E-state index in [-0.39, 0.29) is 22.2 Å². The Hall–Kier alpha value is -3.84. The van der Waals surface area contributed by atoms with Crippen LogP contribution < -0.4 is 4.74 Å². The molecule has 0 saturated carbocycles. The molecule has 0 spiro atoms. The first kappa shape index (κ1) is 25.8.